The zero-order valence-electron chi connectivity index (χ0n) is 7.09. The number of nitrogens with two attached hydrogens (primary N) is 1. The van der Waals surface area contributed by atoms with Crippen molar-refractivity contribution >= 4 is 5.78 Å². The Balaban J connectivity index is 2.26. The van der Waals surface area contributed by atoms with Crippen LogP contribution in [0.3, 0.4) is 0 Å². The van der Waals surface area contributed by atoms with Gasteiger partial charge in [0.2, 0.25) is 0 Å². The molecule has 2 rings (SSSR count). The maximum absolute atomic E-state index is 12.5. The molecule has 68 valence electrons. The Morgan fingerprint density at radius 2 is 1.85 bits per heavy atom. The normalized spacial score (nSPS) is 18.3. The Hall–Kier alpha value is -1.22. The van der Waals surface area contributed by atoms with Crippen molar-refractivity contribution in [1.82, 2.24) is 0 Å². The molecule has 13 heavy (non-hydrogen) atoms. The molecule has 0 radical (unpaired) electrons. The lowest BCUT2D eigenvalue weighted by Crippen LogP contribution is -2.32. The Morgan fingerprint density at radius 1 is 1.31 bits per heavy atom. The Kier molecular flexibility index (Phi) is 1.70. The summed E-state index contributed by atoms with van der Waals surface area (Å²) in [5.41, 5.74) is 5.56. The molecule has 1 saturated carbocycles. The van der Waals surface area contributed by atoms with Crippen LogP contribution >= 0.6 is 0 Å². The molecule has 0 spiro atoms. The quantitative estimate of drug-likeness (QED) is 0.699. The van der Waals surface area contributed by atoms with Crippen LogP contribution in [0.4, 0.5) is 4.39 Å². The number of ketones is 1. The van der Waals surface area contributed by atoms with Crippen LogP contribution in [0.5, 0.6) is 0 Å². The van der Waals surface area contributed by atoms with Crippen LogP contribution in [0.25, 0.3) is 0 Å². The largest absolute Gasteiger partial charge is 0.319 e. The highest BCUT2D eigenvalue weighted by atomic mass is 19.1. The first-order valence-corrected chi connectivity index (χ1v) is 4.21. The summed E-state index contributed by atoms with van der Waals surface area (Å²) in [5, 5.41) is 0. The maximum atomic E-state index is 12.5. The number of hydrogen-bond donors (Lipinski definition) is 1. The molecular weight excluding hydrogens is 169 g/mol. The number of hydrogen-bond acceptors (Lipinski definition) is 2. The van der Waals surface area contributed by atoms with E-state index in [1.54, 1.807) is 0 Å². The topological polar surface area (TPSA) is 43.1 Å². The van der Waals surface area contributed by atoms with Crippen molar-refractivity contribution in [2.24, 2.45) is 5.73 Å². The van der Waals surface area contributed by atoms with Crippen molar-refractivity contribution < 1.29 is 9.18 Å². The lowest BCUT2D eigenvalue weighted by molar-refractivity contribution is 0.0949. The van der Waals surface area contributed by atoms with Crippen molar-refractivity contribution in [3.8, 4) is 0 Å². The number of halogens is 1. The Bertz CT molecular complexity index is 340. The third-order valence-electron chi connectivity index (χ3n) is 2.35. The van der Waals surface area contributed by atoms with Gasteiger partial charge in [0, 0.05) is 5.56 Å². The third-order valence-corrected chi connectivity index (χ3v) is 2.35. The lowest BCUT2D eigenvalue weighted by Gasteiger charge is -2.06. The fraction of sp³-hybridized carbons (Fsp3) is 0.300. The SMILES string of the molecule is NC1(C(=O)c2ccc(F)cc2)CC1. The van der Waals surface area contributed by atoms with E-state index in [1.165, 1.54) is 24.3 Å². The average Bonchev–Trinajstić information content (AvgIpc) is 2.85. The van der Waals surface area contributed by atoms with Gasteiger partial charge in [0.1, 0.15) is 5.82 Å². The third kappa shape index (κ3) is 1.47. The van der Waals surface area contributed by atoms with Crippen LogP contribution in [-0.4, -0.2) is 11.3 Å². The summed E-state index contributed by atoms with van der Waals surface area (Å²) in [4.78, 5) is 11.6. The minimum Gasteiger partial charge on any atom is -0.319 e. The van der Waals surface area contributed by atoms with Gasteiger partial charge in [-0.25, -0.2) is 4.39 Å². The molecule has 2 nitrogen and oxygen atoms in total. The minimum absolute atomic E-state index is 0.0764. The molecule has 1 aromatic carbocycles. The van der Waals surface area contributed by atoms with Gasteiger partial charge in [-0.2, -0.15) is 0 Å². The zero-order valence-corrected chi connectivity index (χ0v) is 7.09. The average molecular weight is 179 g/mol. The fourth-order valence-electron chi connectivity index (χ4n) is 1.25. The van der Waals surface area contributed by atoms with Gasteiger partial charge in [-0.1, -0.05) is 0 Å². The van der Waals surface area contributed by atoms with E-state index in [-0.39, 0.29) is 11.6 Å². The van der Waals surface area contributed by atoms with E-state index in [0.29, 0.717) is 5.56 Å². The molecule has 0 atom stereocenters. The van der Waals surface area contributed by atoms with E-state index >= 15 is 0 Å². The summed E-state index contributed by atoms with van der Waals surface area (Å²) in [6.07, 6.45) is 1.48. The molecule has 0 bridgehead atoms. The second-order valence-electron chi connectivity index (χ2n) is 3.49. The van der Waals surface area contributed by atoms with Crippen molar-refractivity contribution in [1.29, 1.82) is 0 Å². The van der Waals surface area contributed by atoms with Crippen molar-refractivity contribution in [2.45, 2.75) is 18.4 Å². The number of carbonyl (C=O) groups excluding carboxylic acids is 1. The van der Waals surface area contributed by atoms with Gasteiger partial charge >= 0.3 is 0 Å². The second-order valence-corrected chi connectivity index (χ2v) is 3.49. The molecule has 1 aliphatic carbocycles. The molecule has 0 amide bonds. The molecule has 2 N–H and O–H groups in total. The highest BCUT2D eigenvalue weighted by Crippen LogP contribution is 2.35. The zero-order chi connectivity index (χ0) is 9.47. The number of benzene rings is 1. The predicted octanol–water partition coefficient (Wildman–Crippen LogP) is 1.50. The summed E-state index contributed by atoms with van der Waals surface area (Å²) in [5.74, 6) is -0.411. The Morgan fingerprint density at radius 3 is 2.31 bits per heavy atom. The second kappa shape index (κ2) is 2.64. The first-order chi connectivity index (χ1) is 6.12. The van der Waals surface area contributed by atoms with Gasteiger partial charge in [-0.3, -0.25) is 4.79 Å². The molecule has 0 aliphatic heterocycles. The van der Waals surface area contributed by atoms with E-state index in [9.17, 15) is 9.18 Å². The molecule has 1 aliphatic rings. The van der Waals surface area contributed by atoms with Crippen LogP contribution in [0.15, 0.2) is 24.3 Å². The number of carbonyl (C=O) groups is 1. The van der Waals surface area contributed by atoms with Gasteiger partial charge in [-0.15, -0.1) is 0 Å². The fourth-order valence-corrected chi connectivity index (χ4v) is 1.25. The van der Waals surface area contributed by atoms with E-state index in [0.717, 1.165) is 12.8 Å². The number of rotatable bonds is 2. The van der Waals surface area contributed by atoms with E-state index in [4.69, 9.17) is 5.73 Å². The van der Waals surface area contributed by atoms with Gasteiger partial charge in [-0.05, 0) is 37.1 Å². The van der Waals surface area contributed by atoms with Crippen molar-refractivity contribution in [3.05, 3.63) is 35.6 Å². The standard InChI is InChI=1S/C10H10FNO/c11-8-3-1-7(2-4-8)9(13)10(12)5-6-10/h1-4H,5-6,12H2. The highest BCUT2D eigenvalue weighted by molar-refractivity contribution is 6.05. The smallest absolute Gasteiger partial charge is 0.182 e. The van der Waals surface area contributed by atoms with Crippen LogP contribution in [0.1, 0.15) is 23.2 Å². The summed E-state index contributed by atoms with van der Waals surface area (Å²) in [6, 6.07) is 5.51. The molecule has 3 heteroatoms. The van der Waals surface area contributed by atoms with Crippen molar-refractivity contribution in [2.75, 3.05) is 0 Å². The van der Waals surface area contributed by atoms with Crippen LogP contribution in [0, 0.1) is 5.82 Å². The summed E-state index contributed by atoms with van der Waals surface area (Å²) in [7, 11) is 0. The first kappa shape index (κ1) is 8.38. The molecule has 0 heterocycles. The van der Waals surface area contributed by atoms with E-state index in [1.807, 2.05) is 0 Å². The van der Waals surface area contributed by atoms with E-state index < -0.39 is 5.54 Å². The number of Topliss-reactive ketones (excluding diaryl/α,β-unsaturated/α-hetero) is 1. The van der Waals surface area contributed by atoms with Gasteiger partial charge in [0.15, 0.2) is 5.78 Å². The van der Waals surface area contributed by atoms with Crippen LogP contribution in [0.2, 0.25) is 0 Å². The lowest BCUT2D eigenvalue weighted by atomic mass is 10.0. The molecule has 0 saturated heterocycles. The van der Waals surface area contributed by atoms with E-state index in [2.05, 4.69) is 0 Å². The minimum atomic E-state index is -0.655. The van der Waals surface area contributed by atoms with Crippen LogP contribution < -0.4 is 5.73 Å². The Labute approximate surface area is 75.6 Å². The summed E-state index contributed by atoms with van der Waals surface area (Å²) >= 11 is 0. The molecule has 0 aromatic heterocycles. The van der Waals surface area contributed by atoms with Gasteiger partial charge in [0.25, 0.3) is 0 Å². The van der Waals surface area contributed by atoms with Gasteiger partial charge in [0.05, 0.1) is 5.54 Å². The maximum Gasteiger partial charge on any atom is 0.182 e. The first-order valence-electron chi connectivity index (χ1n) is 4.21. The molecule has 0 unspecified atom stereocenters. The molecule has 1 fully saturated rings. The monoisotopic (exact) mass is 179 g/mol. The van der Waals surface area contributed by atoms with Crippen molar-refractivity contribution in [3.63, 3.8) is 0 Å². The summed E-state index contributed by atoms with van der Waals surface area (Å²) in [6.45, 7) is 0. The van der Waals surface area contributed by atoms with Gasteiger partial charge < -0.3 is 5.73 Å². The molecular formula is C10H10FNO. The predicted molar refractivity (Wildman–Crippen MR) is 46.9 cm³/mol. The summed E-state index contributed by atoms with van der Waals surface area (Å²) < 4.78 is 12.5. The molecule has 1 aromatic rings. The van der Waals surface area contributed by atoms with Crippen LogP contribution in [-0.2, 0) is 0 Å². The highest BCUT2D eigenvalue weighted by Gasteiger charge is 2.45.